The number of nitrogens with zero attached hydrogens (tertiary/aromatic N) is 1. The normalized spacial score (nSPS) is 12.4. The third-order valence-corrected chi connectivity index (χ3v) is 3.59. The van der Waals surface area contributed by atoms with Gasteiger partial charge in [0, 0.05) is 19.2 Å². The highest BCUT2D eigenvalue weighted by molar-refractivity contribution is 7.96. The van der Waals surface area contributed by atoms with Crippen molar-refractivity contribution in [2.24, 2.45) is 0 Å². The number of methoxy groups -OCH3 is 1. The summed E-state index contributed by atoms with van der Waals surface area (Å²) in [5.74, 6) is 0.793. The van der Waals surface area contributed by atoms with Crippen molar-refractivity contribution in [2.45, 2.75) is 32.8 Å². The van der Waals surface area contributed by atoms with Gasteiger partial charge in [0.25, 0.3) is 0 Å². The molecule has 0 radical (unpaired) electrons. The summed E-state index contributed by atoms with van der Waals surface area (Å²) in [5.41, 5.74) is 2.23. The summed E-state index contributed by atoms with van der Waals surface area (Å²) in [5, 5.41) is 0. The van der Waals surface area contributed by atoms with Gasteiger partial charge in [0.2, 0.25) is 0 Å². The van der Waals surface area contributed by atoms with Crippen LogP contribution in [0.25, 0.3) is 0 Å². The van der Waals surface area contributed by atoms with E-state index in [0.29, 0.717) is 12.8 Å². The second kappa shape index (κ2) is 9.00. The van der Waals surface area contributed by atoms with Crippen LogP contribution in [0.4, 0.5) is 0 Å². The molecular formula is C15H23NO3S. The van der Waals surface area contributed by atoms with Crippen molar-refractivity contribution >= 4 is 17.9 Å². The Hall–Kier alpha value is -1.04. The molecule has 0 saturated carbocycles. The number of esters is 1. The van der Waals surface area contributed by atoms with Crippen LogP contribution in [-0.4, -0.2) is 30.3 Å². The highest BCUT2D eigenvalue weighted by atomic mass is 32.2. The van der Waals surface area contributed by atoms with Crippen LogP contribution >= 0.6 is 11.9 Å². The van der Waals surface area contributed by atoms with E-state index in [1.807, 2.05) is 32.2 Å². The number of hydroxylamine groups is 1. The Kier molecular flexibility index (Phi) is 7.65. The molecule has 4 nitrogen and oxygen atoms in total. The molecule has 1 aromatic rings. The van der Waals surface area contributed by atoms with E-state index in [-0.39, 0.29) is 12.1 Å². The zero-order valence-electron chi connectivity index (χ0n) is 12.6. The first-order valence-electron chi connectivity index (χ1n) is 6.75. The van der Waals surface area contributed by atoms with Gasteiger partial charge in [0.15, 0.2) is 0 Å². The van der Waals surface area contributed by atoms with Crippen LogP contribution in [0.2, 0.25) is 0 Å². The number of ether oxygens (including phenoxy) is 1. The van der Waals surface area contributed by atoms with Crippen LogP contribution in [0.1, 0.15) is 37.5 Å². The molecule has 0 aliphatic carbocycles. The van der Waals surface area contributed by atoms with Gasteiger partial charge in [0.05, 0.1) is 7.11 Å². The molecule has 1 atom stereocenters. The van der Waals surface area contributed by atoms with E-state index >= 15 is 0 Å². The van der Waals surface area contributed by atoms with Gasteiger partial charge in [-0.05, 0) is 24.5 Å². The SMILES string of the molecule is CCSN(C)OC(C)c1cccc(CCC(=O)OC)c1. The Labute approximate surface area is 125 Å². The Morgan fingerprint density at radius 2 is 2.20 bits per heavy atom. The van der Waals surface area contributed by atoms with Gasteiger partial charge in [-0.25, -0.2) is 0 Å². The molecule has 1 unspecified atom stereocenters. The summed E-state index contributed by atoms with van der Waals surface area (Å²) in [7, 11) is 3.32. The quantitative estimate of drug-likeness (QED) is 0.418. The monoisotopic (exact) mass is 297 g/mol. The lowest BCUT2D eigenvalue weighted by Crippen LogP contribution is -2.14. The second-order valence-electron chi connectivity index (χ2n) is 4.43. The van der Waals surface area contributed by atoms with Gasteiger partial charge in [-0.1, -0.05) is 43.1 Å². The molecule has 0 heterocycles. The topological polar surface area (TPSA) is 38.8 Å². The molecule has 112 valence electrons. The first-order valence-corrected chi connectivity index (χ1v) is 7.70. The second-order valence-corrected chi connectivity index (χ2v) is 5.78. The molecule has 0 amide bonds. The van der Waals surface area contributed by atoms with Crippen LogP contribution < -0.4 is 0 Å². The first kappa shape index (κ1) is 17.0. The van der Waals surface area contributed by atoms with Crippen LogP contribution in [-0.2, 0) is 20.8 Å². The highest BCUT2D eigenvalue weighted by Crippen LogP contribution is 2.22. The van der Waals surface area contributed by atoms with E-state index in [9.17, 15) is 4.79 Å². The van der Waals surface area contributed by atoms with Gasteiger partial charge in [0.1, 0.15) is 6.10 Å². The maximum Gasteiger partial charge on any atom is 0.305 e. The summed E-state index contributed by atoms with van der Waals surface area (Å²) in [6.45, 7) is 4.11. The number of hydrogen-bond donors (Lipinski definition) is 0. The Morgan fingerprint density at radius 3 is 2.85 bits per heavy atom. The van der Waals surface area contributed by atoms with Gasteiger partial charge in [-0.2, -0.15) is 0 Å². The van der Waals surface area contributed by atoms with E-state index in [2.05, 4.69) is 17.7 Å². The van der Waals surface area contributed by atoms with Crippen molar-refractivity contribution in [1.82, 2.24) is 4.47 Å². The summed E-state index contributed by atoms with van der Waals surface area (Å²) in [4.78, 5) is 16.9. The van der Waals surface area contributed by atoms with Crippen molar-refractivity contribution in [3.63, 3.8) is 0 Å². The minimum Gasteiger partial charge on any atom is -0.469 e. The Balaban J connectivity index is 2.60. The van der Waals surface area contributed by atoms with Crippen LogP contribution in [0, 0.1) is 0 Å². The molecule has 0 saturated heterocycles. The fraction of sp³-hybridized carbons (Fsp3) is 0.533. The largest absolute Gasteiger partial charge is 0.469 e. The number of aryl methyl sites for hydroxylation is 1. The minimum atomic E-state index is -0.182. The van der Waals surface area contributed by atoms with E-state index in [0.717, 1.165) is 16.9 Å². The lowest BCUT2D eigenvalue weighted by atomic mass is 10.0. The first-order chi connectivity index (χ1) is 9.56. The Bertz CT molecular complexity index is 425. The van der Waals surface area contributed by atoms with E-state index in [1.165, 1.54) is 7.11 Å². The van der Waals surface area contributed by atoms with E-state index in [1.54, 1.807) is 16.4 Å². The molecular weight excluding hydrogens is 274 g/mol. The highest BCUT2D eigenvalue weighted by Gasteiger charge is 2.10. The molecule has 0 bridgehead atoms. The van der Waals surface area contributed by atoms with Crippen molar-refractivity contribution in [1.29, 1.82) is 0 Å². The maximum atomic E-state index is 11.2. The van der Waals surface area contributed by atoms with Crippen LogP contribution in [0.15, 0.2) is 24.3 Å². The average Bonchev–Trinajstić information content (AvgIpc) is 2.45. The molecule has 0 spiro atoms. The molecule has 0 aliphatic rings. The van der Waals surface area contributed by atoms with E-state index in [4.69, 9.17) is 4.84 Å². The number of rotatable bonds is 8. The third kappa shape index (κ3) is 5.94. The lowest BCUT2D eigenvalue weighted by molar-refractivity contribution is -0.140. The van der Waals surface area contributed by atoms with Gasteiger partial charge in [-0.15, -0.1) is 4.47 Å². The fourth-order valence-corrected chi connectivity index (χ4v) is 2.40. The average molecular weight is 297 g/mol. The number of carbonyl (C=O) groups is 1. The number of benzene rings is 1. The van der Waals surface area contributed by atoms with Gasteiger partial charge in [-0.3, -0.25) is 9.63 Å². The molecule has 0 aromatic heterocycles. The smallest absolute Gasteiger partial charge is 0.305 e. The van der Waals surface area contributed by atoms with Gasteiger partial charge >= 0.3 is 5.97 Å². The summed E-state index contributed by atoms with van der Waals surface area (Å²) in [6.07, 6.45) is 1.07. The zero-order valence-corrected chi connectivity index (χ0v) is 13.4. The standard InChI is InChI=1S/C15H23NO3S/c1-5-20-16(3)19-12(2)14-8-6-7-13(11-14)9-10-15(17)18-4/h6-8,11-12H,5,9-10H2,1-4H3. The van der Waals surface area contributed by atoms with Crippen molar-refractivity contribution in [2.75, 3.05) is 19.9 Å². The summed E-state index contributed by atoms with van der Waals surface area (Å²) >= 11 is 1.63. The number of carbonyl (C=O) groups excluding carboxylic acids is 1. The minimum absolute atomic E-state index is 0.0165. The van der Waals surface area contributed by atoms with Crippen molar-refractivity contribution in [3.05, 3.63) is 35.4 Å². The maximum absolute atomic E-state index is 11.2. The van der Waals surface area contributed by atoms with Crippen molar-refractivity contribution in [3.8, 4) is 0 Å². The summed E-state index contributed by atoms with van der Waals surface area (Å²) in [6, 6.07) is 8.13. The van der Waals surface area contributed by atoms with Crippen molar-refractivity contribution < 1.29 is 14.4 Å². The number of hydrogen-bond acceptors (Lipinski definition) is 5. The molecule has 1 aromatic carbocycles. The lowest BCUT2D eigenvalue weighted by Gasteiger charge is -2.20. The fourth-order valence-electron chi connectivity index (χ4n) is 1.85. The van der Waals surface area contributed by atoms with Crippen LogP contribution in [0.3, 0.4) is 0 Å². The molecule has 5 heteroatoms. The zero-order chi connectivity index (χ0) is 15.0. The van der Waals surface area contributed by atoms with Gasteiger partial charge < -0.3 is 4.74 Å². The van der Waals surface area contributed by atoms with E-state index < -0.39 is 0 Å². The molecule has 20 heavy (non-hydrogen) atoms. The molecule has 0 aliphatic heterocycles. The van der Waals surface area contributed by atoms with Crippen LogP contribution in [0.5, 0.6) is 0 Å². The Morgan fingerprint density at radius 1 is 1.45 bits per heavy atom. The summed E-state index contributed by atoms with van der Waals surface area (Å²) < 4.78 is 6.44. The third-order valence-electron chi connectivity index (χ3n) is 2.88. The molecule has 1 rings (SSSR count). The molecule has 0 N–H and O–H groups in total. The predicted octanol–water partition coefficient (Wildman–Crippen LogP) is 3.38. The predicted molar refractivity (Wildman–Crippen MR) is 82.2 cm³/mol. The molecule has 0 fully saturated rings.